The topological polar surface area (TPSA) is 35.2 Å². The van der Waals surface area contributed by atoms with Gasteiger partial charge in [0.1, 0.15) is 0 Å². The van der Waals surface area contributed by atoms with Crippen LogP contribution in [0.15, 0.2) is 24.3 Å². The van der Waals surface area contributed by atoms with Gasteiger partial charge in [-0.1, -0.05) is 43.7 Å². The molecule has 0 aliphatic carbocycles. The summed E-state index contributed by atoms with van der Waals surface area (Å²) in [6, 6.07) is 8.80. The van der Waals surface area contributed by atoms with E-state index in [9.17, 15) is 0 Å². The van der Waals surface area contributed by atoms with E-state index < -0.39 is 0 Å². The molecule has 0 saturated carbocycles. The average molecular weight is 249 g/mol. The van der Waals surface area contributed by atoms with Gasteiger partial charge in [-0.2, -0.15) is 0 Å². The molecule has 0 bridgehead atoms. The zero-order valence-electron chi connectivity index (χ0n) is 12.0. The Hall–Kier alpha value is -0.860. The Bertz CT molecular complexity index is 318. The summed E-state index contributed by atoms with van der Waals surface area (Å²) >= 11 is 0. The average Bonchev–Trinajstić information content (AvgIpc) is 2.31. The smallest absolute Gasteiger partial charge is 0.0480 e. The second-order valence-corrected chi connectivity index (χ2v) is 5.53. The van der Waals surface area contributed by atoms with E-state index in [1.54, 1.807) is 0 Å². The van der Waals surface area contributed by atoms with Crippen LogP contribution in [0, 0.1) is 12.8 Å². The largest absolute Gasteiger partial charge is 0.381 e. The van der Waals surface area contributed by atoms with Gasteiger partial charge in [0.2, 0.25) is 0 Å². The van der Waals surface area contributed by atoms with E-state index in [0.717, 1.165) is 32.5 Å². The second-order valence-electron chi connectivity index (χ2n) is 5.53. The van der Waals surface area contributed by atoms with E-state index in [0.29, 0.717) is 5.92 Å². The van der Waals surface area contributed by atoms with Gasteiger partial charge >= 0.3 is 0 Å². The molecule has 0 spiro atoms. The first kappa shape index (κ1) is 15.2. The molecule has 1 atom stereocenters. The van der Waals surface area contributed by atoms with E-state index >= 15 is 0 Å². The van der Waals surface area contributed by atoms with E-state index in [-0.39, 0.29) is 6.04 Å². The van der Waals surface area contributed by atoms with Gasteiger partial charge < -0.3 is 10.5 Å². The number of nitrogens with two attached hydrogens (primary N) is 1. The Morgan fingerprint density at radius 2 is 1.67 bits per heavy atom. The van der Waals surface area contributed by atoms with E-state index in [2.05, 4.69) is 45.0 Å². The summed E-state index contributed by atoms with van der Waals surface area (Å²) in [5, 5.41) is 0. The Morgan fingerprint density at radius 1 is 1.06 bits per heavy atom. The van der Waals surface area contributed by atoms with Gasteiger partial charge in [-0.3, -0.25) is 0 Å². The maximum atomic E-state index is 6.11. The fourth-order valence-corrected chi connectivity index (χ4v) is 1.78. The number of rotatable bonds is 8. The minimum atomic E-state index is 0.201. The van der Waals surface area contributed by atoms with E-state index in [4.69, 9.17) is 10.5 Å². The monoisotopic (exact) mass is 249 g/mol. The standard InChI is InChI=1S/C16H27NO/c1-13(2)8-10-18-11-9-16(17)12-15-6-4-14(3)5-7-15/h4-7,13,16H,8-12,17H2,1-3H3. The summed E-state index contributed by atoms with van der Waals surface area (Å²) in [5.74, 6) is 0.714. The van der Waals surface area contributed by atoms with Gasteiger partial charge in [0.25, 0.3) is 0 Å². The van der Waals surface area contributed by atoms with Crippen LogP contribution in [0.5, 0.6) is 0 Å². The molecule has 0 radical (unpaired) electrons. The lowest BCUT2D eigenvalue weighted by atomic mass is 10.0. The normalized spacial score (nSPS) is 12.9. The molecule has 1 rings (SSSR count). The number of hydrogen-bond acceptors (Lipinski definition) is 2. The molecule has 1 aromatic carbocycles. The van der Waals surface area contributed by atoms with Gasteiger partial charge in [-0.05, 0) is 37.7 Å². The van der Waals surface area contributed by atoms with Gasteiger partial charge in [-0.15, -0.1) is 0 Å². The molecular weight excluding hydrogens is 222 g/mol. The molecule has 2 nitrogen and oxygen atoms in total. The summed E-state index contributed by atoms with van der Waals surface area (Å²) in [6.07, 6.45) is 3.01. The molecular formula is C16H27NO. The Labute approximate surface area is 112 Å². The maximum absolute atomic E-state index is 6.11. The van der Waals surface area contributed by atoms with Crippen LogP contribution in [-0.2, 0) is 11.2 Å². The summed E-state index contributed by atoms with van der Waals surface area (Å²) in [4.78, 5) is 0. The van der Waals surface area contributed by atoms with Crippen LogP contribution in [0.2, 0.25) is 0 Å². The molecule has 0 heterocycles. The van der Waals surface area contributed by atoms with Crippen molar-refractivity contribution in [1.82, 2.24) is 0 Å². The molecule has 0 aliphatic rings. The highest BCUT2D eigenvalue weighted by atomic mass is 16.5. The van der Waals surface area contributed by atoms with Crippen molar-refractivity contribution >= 4 is 0 Å². The molecule has 0 amide bonds. The van der Waals surface area contributed by atoms with Crippen molar-refractivity contribution in [3.05, 3.63) is 35.4 Å². The van der Waals surface area contributed by atoms with Crippen molar-refractivity contribution in [2.24, 2.45) is 11.7 Å². The van der Waals surface area contributed by atoms with Crippen LogP contribution in [-0.4, -0.2) is 19.3 Å². The predicted octanol–water partition coefficient (Wildman–Crippen LogP) is 3.32. The Balaban J connectivity index is 2.13. The van der Waals surface area contributed by atoms with Crippen molar-refractivity contribution < 1.29 is 4.74 Å². The Morgan fingerprint density at radius 3 is 2.28 bits per heavy atom. The minimum absolute atomic E-state index is 0.201. The van der Waals surface area contributed by atoms with Crippen LogP contribution >= 0.6 is 0 Å². The second kappa shape index (κ2) is 8.28. The molecule has 0 aromatic heterocycles. The molecule has 0 saturated heterocycles. The van der Waals surface area contributed by atoms with Gasteiger partial charge in [0.05, 0.1) is 0 Å². The third kappa shape index (κ3) is 6.77. The van der Waals surface area contributed by atoms with Crippen molar-refractivity contribution in [1.29, 1.82) is 0 Å². The summed E-state index contributed by atoms with van der Waals surface area (Å²) < 4.78 is 5.59. The van der Waals surface area contributed by atoms with Crippen LogP contribution in [0.1, 0.15) is 37.8 Å². The maximum Gasteiger partial charge on any atom is 0.0480 e. The highest BCUT2D eigenvalue weighted by Crippen LogP contribution is 2.07. The minimum Gasteiger partial charge on any atom is -0.381 e. The lowest BCUT2D eigenvalue weighted by molar-refractivity contribution is 0.117. The van der Waals surface area contributed by atoms with Crippen molar-refractivity contribution in [3.8, 4) is 0 Å². The quantitative estimate of drug-likeness (QED) is 0.717. The molecule has 18 heavy (non-hydrogen) atoms. The Kier molecular flexibility index (Phi) is 6.99. The van der Waals surface area contributed by atoms with Gasteiger partial charge in [0.15, 0.2) is 0 Å². The van der Waals surface area contributed by atoms with Gasteiger partial charge in [-0.25, -0.2) is 0 Å². The van der Waals surface area contributed by atoms with Gasteiger partial charge in [0, 0.05) is 19.3 Å². The van der Waals surface area contributed by atoms with Crippen LogP contribution in [0.4, 0.5) is 0 Å². The fraction of sp³-hybridized carbons (Fsp3) is 0.625. The lowest BCUT2D eigenvalue weighted by Gasteiger charge is -2.12. The molecule has 2 N–H and O–H groups in total. The van der Waals surface area contributed by atoms with Crippen molar-refractivity contribution in [3.63, 3.8) is 0 Å². The first-order valence-electron chi connectivity index (χ1n) is 6.97. The number of ether oxygens (including phenoxy) is 1. The first-order chi connectivity index (χ1) is 8.58. The fourth-order valence-electron chi connectivity index (χ4n) is 1.78. The highest BCUT2D eigenvalue weighted by Gasteiger charge is 2.04. The molecule has 2 heteroatoms. The molecule has 0 fully saturated rings. The SMILES string of the molecule is Cc1ccc(CC(N)CCOCCC(C)C)cc1. The molecule has 1 aromatic rings. The van der Waals surface area contributed by atoms with E-state index in [1.165, 1.54) is 11.1 Å². The number of benzene rings is 1. The predicted molar refractivity (Wildman–Crippen MR) is 77.7 cm³/mol. The number of hydrogen-bond donors (Lipinski definition) is 1. The van der Waals surface area contributed by atoms with Crippen LogP contribution < -0.4 is 5.73 Å². The zero-order valence-corrected chi connectivity index (χ0v) is 12.0. The third-order valence-corrected chi connectivity index (χ3v) is 3.09. The van der Waals surface area contributed by atoms with E-state index in [1.807, 2.05) is 0 Å². The first-order valence-corrected chi connectivity index (χ1v) is 6.97. The van der Waals surface area contributed by atoms with Crippen LogP contribution in [0.25, 0.3) is 0 Å². The van der Waals surface area contributed by atoms with Crippen molar-refractivity contribution in [2.45, 2.75) is 46.1 Å². The third-order valence-electron chi connectivity index (χ3n) is 3.09. The zero-order chi connectivity index (χ0) is 13.4. The lowest BCUT2D eigenvalue weighted by Crippen LogP contribution is -2.24. The highest BCUT2D eigenvalue weighted by molar-refractivity contribution is 5.21. The number of aryl methyl sites for hydroxylation is 1. The summed E-state index contributed by atoms with van der Waals surface area (Å²) in [6.45, 7) is 8.17. The molecule has 1 unspecified atom stereocenters. The summed E-state index contributed by atoms with van der Waals surface area (Å²) in [7, 11) is 0. The van der Waals surface area contributed by atoms with Crippen molar-refractivity contribution in [2.75, 3.05) is 13.2 Å². The molecule has 0 aliphatic heterocycles. The summed E-state index contributed by atoms with van der Waals surface area (Å²) in [5.41, 5.74) is 8.72. The molecule has 102 valence electrons. The van der Waals surface area contributed by atoms with Crippen LogP contribution in [0.3, 0.4) is 0 Å².